The first-order valence-corrected chi connectivity index (χ1v) is 10.3. The Kier molecular flexibility index (Phi) is 11.1. The Morgan fingerprint density at radius 2 is 1.83 bits per heavy atom. The summed E-state index contributed by atoms with van der Waals surface area (Å²) in [5.74, 6) is 0.977. The number of nitrogens with zero attached hydrogens (tertiary/aromatic N) is 1. The van der Waals surface area contributed by atoms with Crippen molar-refractivity contribution in [1.82, 2.24) is 16.0 Å². The van der Waals surface area contributed by atoms with E-state index >= 15 is 0 Å². The third-order valence-electron chi connectivity index (χ3n) is 4.90. The van der Waals surface area contributed by atoms with E-state index in [1.807, 2.05) is 11.8 Å². The molecule has 0 aliphatic heterocycles. The molecule has 2 aliphatic carbocycles. The second kappa shape index (κ2) is 12.2. The quantitative estimate of drug-likeness (QED) is 0.319. The van der Waals surface area contributed by atoms with Crippen molar-refractivity contribution in [2.75, 3.05) is 19.8 Å². The summed E-state index contributed by atoms with van der Waals surface area (Å²) < 4.78 is 0. The molecule has 0 aromatic heterocycles. The van der Waals surface area contributed by atoms with Gasteiger partial charge >= 0.3 is 0 Å². The summed E-state index contributed by atoms with van der Waals surface area (Å²) in [5.41, 5.74) is 0. The van der Waals surface area contributed by atoms with Crippen LogP contribution in [-0.4, -0.2) is 49.0 Å². The zero-order valence-corrected chi connectivity index (χ0v) is 18.1. The molecular formula is C17H33IN4OS. The first kappa shape index (κ1) is 21.9. The van der Waals surface area contributed by atoms with Crippen LogP contribution in [0.4, 0.5) is 0 Å². The first-order valence-electron chi connectivity index (χ1n) is 9.00. The summed E-state index contributed by atoms with van der Waals surface area (Å²) in [6.07, 6.45) is 12.5. The maximum Gasteiger partial charge on any atom is 0.221 e. The molecule has 0 aromatic rings. The van der Waals surface area contributed by atoms with Gasteiger partial charge in [0, 0.05) is 37.3 Å². The minimum atomic E-state index is 0. The summed E-state index contributed by atoms with van der Waals surface area (Å²) in [6, 6.07) is 0.908. The minimum Gasteiger partial charge on any atom is -0.356 e. The molecule has 3 N–H and O–H groups in total. The van der Waals surface area contributed by atoms with Crippen LogP contribution in [0.5, 0.6) is 0 Å². The van der Waals surface area contributed by atoms with Gasteiger partial charge in [0.05, 0.1) is 0 Å². The Morgan fingerprint density at radius 3 is 2.46 bits per heavy atom. The number of hydrogen-bond acceptors (Lipinski definition) is 3. The number of halogens is 1. The van der Waals surface area contributed by atoms with Crippen molar-refractivity contribution >= 4 is 47.6 Å². The summed E-state index contributed by atoms with van der Waals surface area (Å²) in [5, 5.41) is 10.7. The maximum atomic E-state index is 12.0. The zero-order valence-electron chi connectivity index (χ0n) is 15.0. The van der Waals surface area contributed by atoms with Gasteiger partial charge in [-0.1, -0.05) is 19.3 Å². The van der Waals surface area contributed by atoms with Crippen molar-refractivity contribution < 1.29 is 4.79 Å². The van der Waals surface area contributed by atoms with Crippen molar-refractivity contribution in [2.45, 2.75) is 75.1 Å². The second-order valence-corrected chi connectivity index (χ2v) is 7.80. The summed E-state index contributed by atoms with van der Waals surface area (Å²) >= 11 is 1.96. The van der Waals surface area contributed by atoms with E-state index in [1.54, 1.807) is 7.05 Å². The maximum absolute atomic E-state index is 12.0. The minimum absolute atomic E-state index is 0. The van der Waals surface area contributed by atoms with Gasteiger partial charge in [-0.3, -0.25) is 9.79 Å². The lowest BCUT2D eigenvalue weighted by molar-refractivity contribution is -0.121. The lowest BCUT2D eigenvalue weighted by Crippen LogP contribution is -2.44. The highest BCUT2D eigenvalue weighted by atomic mass is 127. The molecule has 2 unspecified atom stereocenters. The average Bonchev–Trinajstić information content (AvgIpc) is 3.02. The number of hydrogen-bond donors (Lipinski definition) is 3. The highest BCUT2D eigenvalue weighted by Crippen LogP contribution is 2.27. The van der Waals surface area contributed by atoms with E-state index < -0.39 is 0 Å². The van der Waals surface area contributed by atoms with Gasteiger partial charge < -0.3 is 16.0 Å². The number of thioether (sulfide) groups is 1. The van der Waals surface area contributed by atoms with Crippen molar-refractivity contribution in [3.05, 3.63) is 0 Å². The van der Waals surface area contributed by atoms with Crippen LogP contribution in [-0.2, 0) is 4.79 Å². The third-order valence-corrected chi connectivity index (χ3v) is 5.99. The molecule has 7 heteroatoms. The molecule has 2 rings (SSSR count). The molecule has 2 aliphatic rings. The van der Waals surface area contributed by atoms with Crippen LogP contribution in [0.25, 0.3) is 0 Å². The largest absolute Gasteiger partial charge is 0.356 e. The van der Waals surface area contributed by atoms with E-state index in [4.69, 9.17) is 0 Å². The van der Waals surface area contributed by atoms with Crippen LogP contribution in [0.1, 0.15) is 57.8 Å². The standard InChI is InChI=1S/C17H32N4OS.HI/c1-18-17(21-14-8-9-15(12-14)23-2)19-11-10-16(22)20-13-6-4-3-5-7-13;/h13-15H,3-12H2,1-2H3,(H,20,22)(H2,18,19,21);1H. The topological polar surface area (TPSA) is 65.5 Å². The van der Waals surface area contributed by atoms with Gasteiger partial charge in [-0.15, -0.1) is 24.0 Å². The first-order chi connectivity index (χ1) is 11.2. The van der Waals surface area contributed by atoms with Gasteiger partial charge in [-0.05, 0) is 38.4 Å². The number of carbonyl (C=O) groups excluding carboxylic acids is 1. The van der Waals surface area contributed by atoms with Crippen LogP contribution in [0.2, 0.25) is 0 Å². The Morgan fingerprint density at radius 1 is 1.08 bits per heavy atom. The Labute approximate surface area is 168 Å². The highest BCUT2D eigenvalue weighted by molar-refractivity contribution is 14.0. The zero-order chi connectivity index (χ0) is 16.5. The van der Waals surface area contributed by atoms with Crippen molar-refractivity contribution in [1.29, 1.82) is 0 Å². The van der Waals surface area contributed by atoms with Gasteiger partial charge in [0.2, 0.25) is 5.91 Å². The summed E-state index contributed by atoms with van der Waals surface area (Å²) in [4.78, 5) is 16.3. The van der Waals surface area contributed by atoms with Crippen LogP contribution >= 0.6 is 35.7 Å². The van der Waals surface area contributed by atoms with Gasteiger partial charge in [0.15, 0.2) is 5.96 Å². The average molecular weight is 468 g/mol. The lowest BCUT2D eigenvalue weighted by Gasteiger charge is -2.23. The van der Waals surface area contributed by atoms with Crippen LogP contribution in [0.15, 0.2) is 4.99 Å². The fraction of sp³-hybridized carbons (Fsp3) is 0.882. The Hall–Kier alpha value is -0.180. The van der Waals surface area contributed by atoms with E-state index in [1.165, 1.54) is 38.5 Å². The molecule has 140 valence electrons. The molecule has 2 atom stereocenters. The molecule has 0 spiro atoms. The van der Waals surface area contributed by atoms with E-state index in [0.717, 1.165) is 24.1 Å². The Balaban J connectivity index is 0.00000288. The molecule has 24 heavy (non-hydrogen) atoms. The second-order valence-electron chi connectivity index (χ2n) is 6.66. The predicted octanol–water partition coefficient (Wildman–Crippen LogP) is 2.89. The number of aliphatic imine (C=N–C) groups is 1. The highest BCUT2D eigenvalue weighted by Gasteiger charge is 2.24. The monoisotopic (exact) mass is 468 g/mol. The number of guanidine groups is 1. The van der Waals surface area contributed by atoms with Gasteiger partial charge in [-0.2, -0.15) is 11.8 Å². The van der Waals surface area contributed by atoms with E-state index in [0.29, 0.717) is 25.0 Å². The molecule has 0 radical (unpaired) electrons. The smallest absolute Gasteiger partial charge is 0.221 e. The molecule has 0 saturated heterocycles. The number of carbonyl (C=O) groups is 1. The third kappa shape index (κ3) is 7.80. The molecule has 0 heterocycles. The fourth-order valence-electron chi connectivity index (χ4n) is 3.51. The molecule has 2 fully saturated rings. The molecule has 0 aromatic carbocycles. The van der Waals surface area contributed by atoms with Crippen molar-refractivity contribution in [3.63, 3.8) is 0 Å². The van der Waals surface area contributed by atoms with Gasteiger partial charge in [0.1, 0.15) is 0 Å². The van der Waals surface area contributed by atoms with Gasteiger partial charge in [0.25, 0.3) is 0 Å². The molecule has 1 amide bonds. The lowest BCUT2D eigenvalue weighted by atomic mass is 9.95. The molecule has 5 nitrogen and oxygen atoms in total. The fourth-order valence-corrected chi connectivity index (χ4v) is 4.31. The molecular weight excluding hydrogens is 435 g/mol. The predicted molar refractivity (Wildman–Crippen MR) is 114 cm³/mol. The van der Waals surface area contributed by atoms with Crippen molar-refractivity contribution in [2.24, 2.45) is 4.99 Å². The molecule has 0 bridgehead atoms. The number of nitrogens with one attached hydrogen (secondary N) is 3. The van der Waals surface area contributed by atoms with E-state index in [-0.39, 0.29) is 29.9 Å². The molecule has 2 saturated carbocycles. The van der Waals surface area contributed by atoms with Crippen LogP contribution in [0.3, 0.4) is 0 Å². The summed E-state index contributed by atoms with van der Waals surface area (Å²) in [7, 11) is 1.79. The number of rotatable bonds is 6. The van der Waals surface area contributed by atoms with E-state index in [9.17, 15) is 4.79 Å². The van der Waals surface area contributed by atoms with E-state index in [2.05, 4.69) is 27.2 Å². The van der Waals surface area contributed by atoms with Crippen LogP contribution in [0, 0.1) is 0 Å². The number of amides is 1. The Bertz CT molecular complexity index is 402. The van der Waals surface area contributed by atoms with Gasteiger partial charge in [-0.25, -0.2) is 0 Å². The SMILES string of the molecule is CN=C(NCCC(=O)NC1CCCCC1)NC1CCC(SC)C1.I. The normalized spacial score (nSPS) is 25.0. The summed E-state index contributed by atoms with van der Waals surface area (Å²) in [6.45, 7) is 0.636. The van der Waals surface area contributed by atoms with Crippen molar-refractivity contribution in [3.8, 4) is 0 Å². The van der Waals surface area contributed by atoms with Crippen LogP contribution < -0.4 is 16.0 Å².